The first kappa shape index (κ1) is 13.7. The molecule has 8 heteroatoms. The lowest BCUT2D eigenvalue weighted by Crippen LogP contribution is -2.34. The van der Waals surface area contributed by atoms with Crippen molar-refractivity contribution in [2.45, 2.75) is 0 Å². The van der Waals surface area contributed by atoms with Crippen molar-refractivity contribution >= 4 is 50.9 Å². The lowest BCUT2D eigenvalue weighted by molar-refractivity contribution is 0.765. The second kappa shape index (κ2) is 5.71. The topological polar surface area (TPSA) is 62.2 Å². The Kier molecular flexibility index (Phi) is 3.57. The molecule has 2 N–H and O–H groups in total. The van der Waals surface area contributed by atoms with Gasteiger partial charge in [0, 0.05) is 29.3 Å². The molecule has 1 aliphatic carbocycles. The van der Waals surface area contributed by atoms with Gasteiger partial charge in [-0.3, -0.25) is 0 Å². The molecule has 22 heavy (non-hydrogen) atoms. The number of nitrogens with zero attached hydrogens (tertiary/aromatic N) is 3. The van der Waals surface area contributed by atoms with E-state index < -0.39 is 0 Å². The van der Waals surface area contributed by atoms with Crippen molar-refractivity contribution in [2.24, 2.45) is 10.9 Å². The van der Waals surface area contributed by atoms with Gasteiger partial charge in [-0.1, -0.05) is 12.2 Å². The highest BCUT2D eigenvalue weighted by atomic mass is 32.1. The van der Waals surface area contributed by atoms with Crippen LogP contribution in [0.2, 0.25) is 0 Å². The number of thiazole rings is 1. The minimum atomic E-state index is 0.234. The summed E-state index contributed by atoms with van der Waals surface area (Å²) in [6.45, 7) is 0.713. The fraction of sp³-hybridized carbons (Fsp3) is 0.143. The summed E-state index contributed by atoms with van der Waals surface area (Å²) >= 11 is 8.27. The van der Waals surface area contributed by atoms with Crippen LogP contribution in [0.1, 0.15) is 0 Å². The molecule has 2 aromatic rings. The van der Waals surface area contributed by atoms with Crippen LogP contribution in [0.15, 0.2) is 46.7 Å². The Morgan fingerprint density at radius 3 is 3.23 bits per heavy atom. The molecule has 1 aliphatic heterocycles. The smallest absolute Gasteiger partial charge is 0.188 e. The monoisotopic (exact) mass is 345 g/mol. The molecule has 0 fully saturated rings. The van der Waals surface area contributed by atoms with E-state index in [4.69, 9.17) is 12.2 Å². The van der Waals surface area contributed by atoms with Crippen LogP contribution in [0.3, 0.4) is 0 Å². The average Bonchev–Trinajstić information content (AvgIpc) is 3.21. The lowest BCUT2D eigenvalue weighted by Gasteiger charge is -2.19. The molecular formula is C14H11N5S3. The SMILES string of the molecule is S=C(NCC1C=CC=C2N=c3sncc3=C21)Nc1nccs1. The van der Waals surface area contributed by atoms with Crippen LogP contribution in [-0.4, -0.2) is 21.0 Å². The second-order valence-electron chi connectivity index (χ2n) is 4.79. The van der Waals surface area contributed by atoms with E-state index in [9.17, 15) is 0 Å². The molecule has 0 bridgehead atoms. The normalized spacial score (nSPS) is 18.3. The highest BCUT2D eigenvalue weighted by molar-refractivity contribution is 7.80. The largest absolute Gasteiger partial charge is 0.361 e. The molecule has 2 aromatic heterocycles. The third kappa shape index (κ3) is 2.49. The Morgan fingerprint density at radius 2 is 2.36 bits per heavy atom. The molecule has 3 heterocycles. The van der Waals surface area contributed by atoms with Gasteiger partial charge in [-0.2, -0.15) is 4.37 Å². The summed E-state index contributed by atoms with van der Waals surface area (Å²) in [7, 11) is 0. The summed E-state index contributed by atoms with van der Waals surface area (Å²) in [6, 6.07) is 0. The molecule has 0 saturated carbocycles. The minimum Gasteiger partial charge on any atom is -0.361 e. The fourth-order valence-electron chi connectivity index (χ4n) is 2.50. The zero-order chi connectivity index (χ0) is 14.9. The Balaban J connectivity index is 1.49. The van der Waals surface area contributed by atoms with Crippen LogP contribution in [0.5, 0.6) is 0 Å². The van der Waals surface area contributed by atoms with Gasteiger partial charge < -0.3 is 10.6 Å². The third-order valence-electron chi connectivity index (χ3n) is 3.44. The number of hydrogen-bond acceptors (Lipinski definition) is 6. The molecule has 0 spiro atoms. The van der Waals surface area contributed by atoms with Gasteiger partial charge in [0.15, 0.2) is 10.2 Å². The Bertz CT molecular complexity index is 891. The third-order valence-corrected chi connectivity index (χ3v) is 5.07. The molecule has 4 rings (SSSR count). The van der Waals surface area contributed by atoms with Crippen molar-refractivity contribution in [3.8, 4) is 0 Å². The predicted molar refractivity (Wildman–Crippen MR) is 93.4 cm³/mol. The summed E-state index contributed by atoms with van der Waals surface area (Å²) in [4.78, 5) is 8.77. The number of aromatic nitrogens is 2. The standard InChI is InChI=1S/C14H11N5S3/c20-13(19-14-15-4-5-21-14)16-6-8-2-1-3-10-11(8)9-7-17-22-12(9)18-10/h1-5,7-8H,6H2,(H2,15,16,19,20). The summed E-state index contributed by atoms with van der Waals surface area (Å²) in [5.41, 5.74) is 2.27. The molecular weight excluding hydrogens is 334 g/mol. The Labute approximate surface area is 140 Å². The number of nitrogens with one attached hydrogen (secondary N) is 2. The van der Waals surface area contributed by atoms with E-state index >= 15 is 0 Å². The number of rotatable bonds is 3. The molecule has 0 saturated heterocycles. The van der Waals surface area contributed by atoms with E-state index in [-0.39, 0.29) is 5.92 Å². The van der Waals surface area contributed by atoms with Crippen molar-refractivity contribution in [3.63, 3.8) is 0 Å². The van der Waals surface area contributed by atoms with Gasteiger partial charge in [0.1, 0.15) is 4.67 Å². The van der Waals surface area contributed by atoms with Crippen LogP contribution in [0.25, 0.3) is 5.57 Å². The first-order valence-corrected chi connectivity index (χ1v) is 8.74. The average molecular weight is 345 g/mol. The quantitative estimate of drug-likeness (QED) is 0.825. The van der Waals surface area contributed by atoms with Gasteiger partial charge in [0.05, 0.1) is 11.9 Å². The molecule has 5 nitrogen and oxygen atoms in total. The Hall–Kier alpha value is -1.90. The van der Waals surface area contributed by atoms with E-state index in [1.165, 1.54) is 28.4 Å². The van der Waals surface area contributed by atoms with Gasteiger partial charge in [-0.25, -0.2) is 9.98 Å². The van der Waals surface area contributed by atoms with Gasteiger partial charge in [-0.05, 0) is 35.4 Å². The van der Waals surface area contributed by atoms with E-state index in [0.29, 0.717) is 11.7 Å². The highest BCUT2D eigenvalue weighted by Crippen LogP contribution is 2.27. The Morgan fingerprint density at radius 1 is 1.41 bits per heavy atom. The lowest BCUT2D eigenvalue weighted by atomic mass is 9.92. The van der Waals surface area contributed by atoms with Crippen LogP contribution >= 0.6 is 35.1 Å². The maximum Gasteiger partial charge on any atom is 0.188 e. The van der Waals surface area contributed by atoms with Crippen LogP contribution < -0.4 is 20.5 Å². The van der Waals surface area contributed by atoms with Crippen molar-refractivity contribution in [3.05, 3.63) is 51.6 Å². The summed E-state index contributed by atoms with van der Waals surface area (Å²) < 4.78 is 5.22. The van der Waals surface area contributed by atoms with Gasteiger partial charge >= 0.3 is 0 Å². The zero-order valence-electron chi connectivity index (χ0n) is 11.3. The predicted octanol–water partition coefficient (Wildman–Crippen LogP) is 1.44. The maximum atomic E-state index is 5.31. The first-order chi connectivity index (χ1) is 10.8. The summed E-state index contributed by atoms with van der Waals surface area (Å²) in [6.07, 6.45) is 9.91. The van der Waals surface area contributed by atoms with E-state index in [2.05, 4.69) is 37.1 Å². The molecule has 1 atom stereocenters. The number of allylic oxidation sites excluding steroid dienone is 3. The van der Waals surface area contributed by atoms with Crippen molar-refractivity contribution in [1.82, 2.24) is 14.7 Å². The van der Waals surface area contributed by atoms with E-state index in [0.717, 1.165) is 20.7 Å². The van der Waals surface area contributed by atoms with E-state index in [1.54, 1.807) is 6.20 Å². The fourth-order valence-corrected chi connectivity index (χ4v) is 3.94. The summed E-state index contributed by atoms with van der Waals surface area (Å²) in [5, 5.41) is 10.8. The maximum absolute atomic E-state index is 5.31. The van der Waals surface area contributed by atoms with Crippen molar-refractivity contribution in [1.29, 1.82) is 0 Å². The first-order valence-electron chi connectivity index (χ1n) is 6.68. The summed E-state index contributed by atoms with van der Waals surface area (Å²) in [5.74, 6) is 0.234. The van der Waals surface area contributed by atoms with Crippen molar-refractivity contribution in [2.75, 3.05) is 11.9 Å². The van der Waals surface area contributed by atoms with E-state index in [1.807, 2.05) is 17.7 Å². The number of anilines is 1. The zero-order valence-corrected chi connectivity index (χ0v) is 13.8. The second-order valence-corrected chi connectivity index (χ2v) is 6.87. The molecule has 110 valence electrons. The van der Waals surface area contributed by atoms with Crippen LogP contribution in [0.4, 0.5) is 5.13 Å². The molecule has 0 aromatic carbocycles. The highest BCUT2D eigenvalue weighted by Gasteiger charge is 2.23. The van der Waals surface area contributed by atoms with Crippen molar-refractivity contribution < 1.29 is 0 Å². The van der Waals surface area contributed by atoms with Gasteiger partial charge in [0.25, 0.3) is 0 Å². The molecule has 1 unspecified atom stereocenters. The number of hydrogen-bond donors (Lipinski definition) is 2. The minimum absolute atomic E-state index is 0.234. The number of fused-ring (bicyclic) bond motifs is 2. The van der Waals surface area contributed by atoms with Crippen LogP contribution in [0, 0.1) is 5.92 Å². The molecule has 0 amide bonds. The number of thiocarbonyl (C=S) groups is 1. The molecule has 2 aliphatic rings. The molecule has 0 radical (unpaired) electrons. The van der Waals surface area contributed by atoms with Crippen LogP contribution in [-0.2, 0) is 0 Å². The van der Waals surface area contributed by atoms with Gasteiger partial charge in [-0.15, -0.1) is 11.3 Å². The van der Waals surface area contributed by atoms with Gasteiger partial charge in [0.2, 0.25) is 0 Å².